The van der Waals surface area contributed by atoms with E-state index in [0.717, 1.165) is 32.0 Å². The normalized spacial score (nSPS) is 17.2. The molecule has 0 unspecified atom stereocenters. The standard InChI is InChI=1S/C12H20N6/c1-9(2)17-5-7-18(8-6-17)12-10(11(13)14)15-3-4-16-12/h3-4,9H,5-8H2,1-2H3,(H3,13,14). The van der Waals surface area contributed by atoms with E-state index in [0.29, 0.717) is 11.7 Å². The van der Waals surface area contributed by atoms with Gasteiger partial charge in [-0.1, -0.05) is 0 Å². The van der Waals surface area contributed by atoms with Gasteiger partial charge in [0.2, 0.25) is 0 Å². The van der Waals surface area contributed by atoms with Gasteiger partial charge < -0.3 is 10.6 Å². The second-order valence-corrected chi connectivity index (χ2v) is 4.76. The lowest BCUT2D eigenvalue weighted by Crippen LogP contribution is -2.49. The molecule has 1 aromatic heterocycles. The van der Waals surface area contributed by atoms with E-state index in [-0.39, 0.29) is 5.84 Å². The molecule has 0 amide bonds. The molecule has 1 fully saturated rings. The number of aromatic nitrogens is 2. The average Bonchev–Trinajstić information content (AvgIpc) is 2.39. The Morgan fingerprint density at radius 2 is 1.83 bits per heavy atom. The van der Waals surface area contributed by atoms with Gasteiger partial charge in [-0.2, -0.15) is 0 Å². The minimum absolute atomic E-state index is 0.0237. The first kappa shape index (κ1) is 12.8. The van der Waals surface area contributed by atoms with Crippen molar-refractivity contribution in [2.75, 3.05) is 31.1 Å². The fraction of sp³-hybridized carbons (Fsp3) is 0.583. The number of nitrogens with one attached hydrogen (secondary N) is 1. The highest BCUT2D eigenvalue weighted by molar-refractivity contribution is 5.97. The number of anilines is 1. The maximum absolute atomic E-state index is 7.54. The number of nitrogens with zero attached hydrogens (tertiary/aromatic N) is 4. The number of hydrogen-bond donors (Lipinski definition) is 2. The van der Waals surface area contributed by atoms with E-state index in [9.17, 15) is 0 Å². The number of amidine groups is 1. The van der Waals surface area contributed by atoms with Crippen LogP contribution in [-0.4, -0.2) is 52.9 Å². The van der Waals surface area contributed by atoms with Gasteiger partial charge in [-0.25, -0.2) is 9.97 Å². The molecule has 98 valence electrons. The van der Waals surface area contributed by atoms with Crippen molar-refractivity contribution in [3.63, 3.8) is 0 Å². The van der Waals surface area contributed by atoms with Gasteiger partial charge in [0.15, 0.2) is 5.82 Å². The summed E-state index contributed by atoms with van der Waals surface area (Å²) < 4.78 is 0. The smallest absolute Gasteiger partial charge is 0.158 e. The molecule has 0 radical (unpaired) electrons. The Labute approximate surface area is 107 Å². The molecule has 0 aromatic carbocycles. The van der Waals surface area contributed by atoms with Crippen molar-refractivity contribution in [1.82, 2.24) is 14.9 Å². The summed E-state index contributed by atoms with van der Waals surface area (Å²) in [5, 5.41) is 7.54. The maximum Gasteiger partial charge on any atom is 0.158 e. The van der Waals surface area contributed by atoms with Crippen molar-refractivity contribution in [3.8, 4) is 0 Å². The number of nitrogen functional groups attached to an aromatic ring is 1. The zero-order chi connectivity index (χ0) is 13.1. The highest BCUT2D eigenvalue weighted by Crippen LogP contribution is 2.17. The summed E-state index contributed by atoms with van der Waals surface area (Å²) in [5.41, 5.74) is 6.02. The molecular weight excluding hydrogens is 228 g/mol. The first-order valence-electron chi connectivity index (χ1n) is 6.24. The zero-order valence-electron chi connectivity index (χ0n) is 10.9. The summed E-state index contributed by atoms with van der Waals surface area (Å²) in [5.74, 6) is 0.706. The minimum Gasteiger partial charge on any atom is -0.382 e. The summed E-state index contributed by atoms with van der Waals surface area (Å²) in [6, 6.07) is 0.571. The Kier molecular flexibility index (Phi) is 3.76. The zero-order valence-corrected chi connectivity index (χ0v) is 10.9. The van der Waals surface area contributed by atoms with Crippen molar-refractivity contribution >= 4 is 11.7 Å². The Morgan fingerprint density at radius 1 is 1.22 bits per heavy atom. The molecule has 2 rings (SSSR count). The van der Waals surface area contributed by atoms with Crippen LogP contribution in [0, 0.1) is 5.41 Å². The fourth-order valence-corrected chi connectivity index (χ4v) is 2.20. The van der Waals surface area contributed by atoms with Crippen LogP contribution in [-0.2, 0) is 0 Å². The SMILES string of the molecule is CC(C)N1CCN(c2nccnc2C(=N)N)CC1. The summed E-state index contributed by atoms with van der Waals surface area (Å²) in [4.78, 5) is 13.0. The molecule has 3 N–H and O–H groups in total. The molecule has 2 heterocycles. The second-order valence-electron chi connectivity index (χ2n) is 4.76. The van der Waals surface area contributed by atoms with E-state index < -0.39 is 0 Å². The number of nitrogens with two attached hydrogens (primary N) is 1. The van der Waals surface area contributed by atoms with Crippen molar-refractivity contribution in [2.45, 2.75) is 19.9 Å². The van der Waals surface area contributed by atoms with E-state index >= 15 is 0 Å². The number of hydrogen-bond acceptors (Lipinski definition) is 5. The van der Waals surface area contributed by atoms with Crippen molar-refractivity contribution in [2.24, 2.45) is 5.73 Å². The van der Waals surface area contributed by atoms with Crippen molar-refractivity contribution in [1.29, 1.82) is 5.41 Å². The van der Waals surface area contributed by atoms with Crippen LogP contribution in [0.4, 0.5) is 5.82 Å². The molecule has 0 spiro atoms. The molecule has 0 atom stereocenters. The lowest BCUT2D eigenvalue weighted by molar-refractivity contribution is 0.209. The van der Waals surface area contributed by atoms with Crippen molar-refractivity contribution in [3.05, 3.63) is 18.1 Å². The van der Waals surface area contributed by atoms with Crippen LogP contribution in [0.15, 0.2) is 12.4 Å². The Bertz CT molecular complexity index is 422. The Balaban J connectivity index is 2.12. The van der Waals surface area contributed by atoms with E-state index in [1.165, 1.54) is 0 Å². The lowest BCUT2D eigenvalue weighted by Gasteiger charge is -2.37. The highest BCUT2D eigenvalue weighted by atomic mass is 15.3. The molecule has 0 saturated carbocycles. The van der Waals surface area contributed by atoms with Crippen LogP contribution in [0.1, 0.15) is 19.5 Å². The monoisotopic (exact) mass is 248 g/mol. The summed E-state index contributed by atoms with van der Waals surface area (Å²) in [6.07, 6.45) is 3.22. The molecule has 0 bridgehead atoms. The Hall–Kier alpha value is -1.69. The molecule has 6 nitrogen and oxygen atoms in total. The lowest BCUT2D eigenvalue weighted by atomic mass is 10.2. The quantitative estimate of drug-likeness (QED) is 0.593. The van der Waals surface area contributed by atoms with Crippen LogP contribution in [0.2, 0.25) is 0 Å². The van der Waals surface area contributed by atoms with Gasteiger partial charge in [0, 0.05) is 44.6 Å². The second kappa shape index (κ2) is 5.30. The number of piperazine rings is 1. The fourth-order valence-electron chi connectivity index (χ4n) is 2.20. The predicted octanol–water partition coefficient (Wildman–Crippen LogP) is 0.291. The Morgan fingerprint density at radius 3 is 2.39 bits per heavy atom. The van der Waals surface area contributed by atoms with Gasteiger partial charge in [0.05, 0.1) is 0 Å². The summed E-state index contributed by atoms with van der Waals surface area (Å²) >= 11 is 0. The van der Waals surface area contributed by atoms with Crippen LogP contribution >= 0.6 is 0 Å². The summed E-state index contributed by atoms with van der Waals surface area (Å²) in [7, 11) is 0. The third-order valence-electron chi connectivity index (χ3n) is 3.28. The predicted molar refractivity (Wildman–Crippen MR) is 72.0 cm³/mol. The van der Waals surface area contributed by atoms with E-state index in [1.807, 2.05) is 0 Å². The van der Waals surface area contributed by atoms with Gasteiger partial charge >= 0.3 is 0 Å². The van der Waals surface area contributed by atoms with E-state index in [1.54, 1.807) is 12.4 Å². The minimum atomic E-state index is -0.0237. The maximum atomic E-state index is 7.54. The van der Waals surface area contributed by atoms with Gasteiger partial charge in [0.25, 0.3) is 0 Å². The van der Waals surface area contributed by atoms with Crippen LogP contribution in [0.25, 0.3) is 0 Å². The molecule has 0 aliphatic carbocycles. The van der Waals surface area contributed by atoms with Gasteiger partial charge in [-0.3, -0.25) is 10.3 Å². The molecule has 1 aliphatic heterocycles. The first-order chi connectivity index (χ1) is 8.59. The van der Waals surface area contributed by atoms with Crippen LogP contribution < -0.4 is 10.6 Å². The molecular formula is C12H20N6. The topological polar surface area (TPSA) is 82.1 Å². The van der Waals surface area contributed by atoms with Crippen molar-refractivity contribution < 1.29 is 0 Å². The van der Waals surface area contributed by atoms with Crippen LogP contribution in [0.3, 0.4) is 0 Å². The molecule has 18 heavy (non-hydrogen) atoms. The van der Waals surface area contributed by atoms with E-state index in [4.69, 9.17) is 11.1 Å². The molecule has 1 aliphatic rings. The van der Waals surface area contributed by atoms with E-state index in [2.05, 4.69) is 33.6 Å². The van der Waals surface area contributed by atoms with Crippen LogP contribution in [0.5, 0.6) is 0 Å². The number of rotatable bonds is 3. The highest BCUT2D eigenvalue weighted by Gasteiger charge is 2.22. The molecule has 1 saturated heterocycles. The third kappa shape index (κ3) is 2.59. The van der Waals surface area contributed by atoms with Gasteiger partial charge in [-0.05, 0) is 13.8 Å². The average molecular weight is 248 g/mol. The first-order valence-corrected chi connectivity index (χ1v) is 6.24. The van der Waals surface area contributed by atoms with Gasteiger partial charge in [-0.15, -0.1) is 0 Å². The largest absolute Gasteiger partial charge is 0.382 e. The molecule has 6 heteroatoms. The molecule has 1 aromatic rings. The summed E-state index contributed by atoms with van der Waals surface area (Å²) in [6.45, 7) is 8.23. The van der Waals surface area contributed by atoms with Gasteiger partial charge in [0.1, 0.15) is 11.5 Å². The third-order valence-corrected chi connectivity index (χ3v) is 3.28.